The van der Waals surface area contributed by atoms with Gasteiger partial charge in [0.1, 0.15) is 5.01 Å². The van der Waals surface area contributed by atoms with Gasteiger partial charge in [0, 0.05) is 6.54 Å². The number of benzene rings is 1. The predicted molar refractivity (Wildman–Crippen MR) is 76.5 cm³/mol. The van der Waals surface area contributed by atoms with Crippen LogP contribution in [0, 0.1) is 0 Å². The number of rotatable bonds is 4. The molecule has 1 aromatic heterocycles. The molecule has 0 spiro atoms. The normalized spacial score (nSPS) is 10.9. The van der Waals surface area contributed by atoms with Crippen molar-refractivity contribution in [3.63, 3.8) is 0 Å². The molecule has 0 bridgehead atoms. The Kier molecular flexibility index (Phi) is 3.97. The van der Waals surface area contributed by atoms with Crippen LogP contribution in [0.25, 0.3) is 10.4 Å². The van der Waals surface area contributed by atoms with Gasteiger partial charge in [0.05, 0.1) is 4.88 Å². The van der Waals surface area contributed by atoms with Crippen molar-refractivity contribution in [2.75, 3.05) is 0 Å². The van der Waals surface area contributed by atoms with Crippen LogP contribution >= 0.6 is 11.3 Å². The van der Waals surface area contributed by atoms with Crippen molar-refractivity contribution >= 4 is 17.3 Å². The summed E-state index contributed by atoms with van der Waals surface area (Å²) in [5.74, 6) is -0.562. The largest absolute Gasteiger partial charge is 0.476 e. The molecule has 0 aliphatic heterocycles. The molecule has 19 heavy (non-hydrogen) atoms. The van der Waals surface area contributed by atoms with Gasteiger partial charge in [0.25, 0.3) is 0 Å². The Bertz CT molecular complexity index is 588. The number of nitrogens with zero attached hydrogens (tertiary/aromatic N) is 1. The lowest BCUT2D eigenvalue weighted by Crippen LogP contribution is -2.01. The molecule has 1 heterocycles. The zero-order chi connectivity index (χ0) is 14.0. The number of nitrogens with two attached hydrogens (primary N) is 1. The van der Waals surface area contributed by atoms with E-state index in [0.29, 0.717) is 15.8 Å². The number of hydrogen-bond donors (Lipinski definition) is 2. The van der Waals surface area contributed by atoms with E-state index in [1.165, 1.54) is 16.9 Å². The molecule has 4 nitrogen and oxygen atoms in total. The molecular formula is C14H16N2O2S. The molecule has 1 aromatic carbocycles. The summed E-state index contributed by atoms with van der Waals surface area (Å²) in [5, 5.41) is 9.82. The molecule has 0 aliphatic rings. The maximum Gasteiger partial charge on any atom is 0.356 e. The van der Waals surface area contributed by atoms with Gasteiger partial charge in [0.15, 0.2) is 5.69 Å². The molecule has 0 fully saturated rings. The first-order chi connectivity index (χ1) is 9.02. The molecule has 0 saturated carbocycles. The zero-order valence-electron chi connectivity index (χ0n) is 10.9. The highest BCUT2D eigenvalue weighted by molar-refractivity contribution is 7.15. The van der Waals surface area contributed by atoms with E-state index in [1.54, 1.807) is 0 Å². The van der Waals surface area contributed by atoms with Crippen molar-refractivity contribution in [3.05, 3.63) is 40.5 Å². The molecule has 0 saturated heterocycles. The monoisotopic (exact) mass is 276 g/mol. The number of thiazole rings is 1. The van der Waals surface area contributed by atoms with Crippen LogP contribution in [0.5, 0.6) is 0 Å². The Morgan fingerprint density at radius 1 is 1.37 bits per heavy atom. The van der Waals surface area contributed by atoms with Crippen LogP contribution in [-0.2, 0) is 6.54 Å². The molecule has 100 valence electrons. The Balaban J connectivity index is 2.45. The fourth-order valence-electron chi connectivity index (χ4n) is 1.81. The summed E-state index contributed by atoms with van der Waals surface area (Å²) in [4.78, 5) is 15.9. The molecule has 0 unspecified atom stereocenters. The smallest absolute Gasteiger partial charge is 0.356 e. The van der Waals surface area contributed by atoms with E-state index in [-0.39, 0.29) is 12.2 Å². The lowest BCUT2D eigenvalue weighted by Gasteiger charge is -2.06. The van der Waals surface area contributed by atoms with Crippen molar-refractivity contribution in [3.8, 4) is 10.4 Å². The van der Waals surface area contributed by atoms with Gasteiger partial charge in [-0.15, -0.1) is 11.3 Å². The van der Waals surface area contributed by atoms with Crippen molar-refractivity contribution in [2.24, 2.45) is 5.73 Å². The molecule has 2 aromatic rings. The molecule has 0 atom stereocenters. The highest BCUT2D eigenvalue weighted by Crippen LogP contribution is 2.31. The van der Waals surface area contributed by atoms with Gasteiger partial charge in [-0.25, -0.2) is 9.78 Å². The van der Waals surface area contributed by atoms with Crippen LogP contribution in [0.1, 0.15) is 40.8 Å². The average Bonchev–Trinajstić information content (AvgIpc) is 2.83. The van der Waals surface area contributed by atoms with E-state index in [9.17, 15) is 9.90 Å². The number of aromatic nitrogens is 1. The Morgan fingerprint density at radius 2 is 2.00 bits per heavy atom. The highest BCUT2D eigenvalue weighted by Gasteiger charge is 2.18. The molecule has 0 aliphatic carbocycles. The minimum Gasteiger partial charge on any atom is -0.476 e. The fraction of sp³-hybridized carbons (Fsp3) is 0.286. The Hall–Kier alpha value is -1.72. The van der Waals surface area contributed by atoms with E-state index in [2.05, 4.69) is 18.8 Å². The molecule has 0 radical (unpaired) electrons. The second kappa shape index (κ2) is 5.50. The summed E-state index contributed by atoms with van der Waals surface area (Å²) in [5.41, 5.74) is 7.72. The number of hydrogen-bond acceptors (Lipinski definition) is 4. The molecular weight excluding hydrogens is 260 g/mol. The fourth-order valence-corrected chi connectivity index (χ4v) is 2.75. The first kappa shape index (κ1) is 13.7. The van der Waals surface area contributed by atoms with Crippen molar-refractivity contribution in [1.29, 1.82) is 0 Å². The van der Waals surface area contributed by atoms with Gasteiger partial charge in [0.2, 0.25) is 0 Å². The quantitative estimate of drug-likeness (QED) is 0.899. The van der Waals surface area contributed by atoms with Crippen molar-refractivity contribution < 1.29 is 9.90 Å². The summed E-state index contributed by atoms with van der Waals surface area (Å²) in [7, 11) is 0. The maximum absolute atomic E-state index is 11.2. The van der Waals surface area contributed by atoms with E-state index in [4.69, 9.17) is 5.73 Å². The van der Waals surface area contributed by atoms with E-state index in [1.807, 2.05) is 24.3 Å². The topological polar surface area (TPSA) is 76.2 Å². The van der Waals surface area contributed by atoms with E-state index in [0.717, 1.165) is 5.56 Å². The lowest BCUT2D eigenvalue weighted by molar-refractivity contribution is 0.0692. The minimum absolute atomic E-state index is 0.0859. The minimum atomic E-state index is -1.01. The van der Waals surface area contributed by atoms with Crippen molar-refractivity contribution in [2.45, 2.75) is 26.3 Å². The van der Waals surface area contributed by atoms with E-state index < -0.39 is 5.97 Å². The lowest BCUT2D eigenvalue weighted by atomic mass is 10.0. The molecule has 2 rings (SSSR count). The van der Waals surface area contributed by atoms with Crippen molar-refractivity contribution in [1.82, 2.24) is 4.98 Å². The number of carboxylic acid groups (broad SMARTS) is 1. The second-order valence-electron chi connectivity index (χ2n) is 4.57. The standard InChI is InChI=1S/C14H16N2O2S/c1-8(2)9-3-5-10(6-4-9)13-12(14(17)18)16-11(7-15)19-13/h3-6,8H,7,15H2,1-2H3,(H,17,18). The third kappa shape index (κ3) is 2.83. The van der Waals surface area contributed by atoms with Gasteiger partial charge in [-0.3, -0.25) is 0 Å². The number of aromatic carboxylic acids is 1. The average molecular weight is 276 g/mol. The summed E-state index contributed by atoms with van der Waals surface area (Å²) < 4.78 is 0. The van der Waals surface area contributed by atoms with Gasteiger partial charge < -0.3 is 10.8 Å². The van der Waals surface area contributed by atoms with Crippen LogP contribution in [0.2, 0.25) is 0 Å². The van der Waals surface area contributed by atoms with E-state index >= 15 is 0 Å². The summed E-state index contributed by atoms with van der Waals surface area (Å²) in [6, 6.07) is 7.92. The SMILES string of the molecule is CC(C)c1ccc(-c2sc(CN)nc2C(=O)O)cc1. The number of carbonyl (C=O) groups is 1. The Morgan fingerprint density at radius 3 is 2.47 bits per heavy atom. The first-order valence-electron chi connectivity index (χ1n) is 6.06. The third-order valence-corrected chi connectivity index (χ3v) is 4.01. The summed E-state index contributed by atoms with van der Waals surface area (Å²) >= 11 is 1.34. The maximum atomic E-state index is 11.2. The van der Waals surface area contributed by atoms with Gasteiger partial charge in [-0.1, -0.05) is 38.1 Å². The third-order valence-electron chi connectivity index (χ3n) is 2.89. The molecule has 5 heteroatoms. The molecule has 0 amide bonds. The first-order valence-corrected chi connectivity index (χ1v) is 6.88. The van der Waals surface area contributed by atoms with Gasteiger partial charge in [-0.2, -0.15) is 0 Å². The highest BCUT2D eigenvalue weighted by atomic mass is 32.1. The second-order valence-corrected chi connectivity index (χ2v) is 5.65. The summed E-state index contributed by atoms with van der Waals surface area (Å²) in [6.07, 6.45) is 0. The summed E-state index contributed by atoms with van der Waals surface area (Å²) in [6.45, 7) is 4.50. The van der Waals surface area contributed by atoms with Crippen LogP contribution in [0.4, 0.5) is 0 Å². The van der Waals surface area contributed by atoms with Gasteiger partial charge >= 0.3 is 5.97 Å². The van der Waals surface area contributed by atoms with Crippen LogP contribution < -0.4 is 5.73 Å². The Labute approximate surface area is 115 Å². The number of carboxylic acids is 1. The predicted octanol–water partition coefficient (Wildman–Crippen LogP) is 3.09. The van der Waals surface area contributed by atoms with Crippen LogP contribution in [0.3, 0.4) is 0 Å². The van der Waals surface area contributed by atoms with Crippen LogP contribution in [-0.4, -0.2) is 16.1 Å². The molecule has 3 N–H and O–H groups in total. The zero-order valence-corrected chi connectivity index (χ0v) is 11.7. The van der Waals surface area contributed by atoms with Crippen LogP contribution in [0.15, 0.2) is 24.3 Å². The van der Waals surface area contributed by atoms with Gasteiger partial charge in [-0.05, 0) is 17.0 Å².